The molecule has 2 unspecified atom stereocenters. The van der Waals surface area contributed by atoms with Gasteiger partial charge < -0.3 is 10.5 Å². The first-order valence-corrected chi connectivity index (χ1v) is 7.06. The van der Waals surface area contributed by atoms with Crippen LogP contribution in [-0.2, 0) is 0 Å². The van der Waals surface area contributed by atoms with E-state index >= 15 is 0 Å². The summed E-state index contributed by atoms with van der Waals surface area (Å²) >= 11 is 5.09. The first kappa shape index (κ1) is 13.3. The predicted molar refractivity (Wildman–Crippen MR) is 79.1 cm³/mol. The minimum Gasteiger partial charge on any atom is -0.489 e. The Hall–Kier alpha value is -1.09. The lowest BCUT2D eigenvalue weighted by Crippen LogP contribution is -2.29. The van der Waals surface area contributed by atoms with E-state index in [4.69, 9.17) is 22.7 Å². The van der Waals surface area contributed by atoms with Crippen molar-refractivity contribution in [2.45, 2.75) is 45.6 Å². The standard InChI is InChI=1S/C15H21NOS/c1-10-7-8-12(15(16)18)14(9-10)17-13-6-4-3-5-11(13)2/h7-9,11,13H,3-6H2,1-2H3,(H2,16,18). The van der Waals surface area contributed by atoms with Crippen LogP contribution < -0.4 is 10.5 Å². The van der Waals surface area contributed by atoms with E-state index in [1.54, 1.807) is 0 Å². The largest absolute Gasteiger partial charge is 0.489 e. The highest BCUT2D eigenvalue weighted by Crippen LogP contribution is 2.30. The summed E-state index contributed by atoms with van der Waals surface area (Å²) in [7, 11) is 0. The molecule has 1 aliphatic rings. The van der Waals surface area contributed by atoms with E-state index in [0.717, 1.165) is 17.7 Å². The van der Waals surface area contributed by atoms with Crippen LogP contribution in [0, 0.1) is 12.8 Å². The number of aryl methyl sites for hydroxylation is 1. The molecule has 2 N–H and O–H groups in total. The number of nitrogens with two attached hydrogens (primary N) is 1. The molecule has 0 spiro atoms. The molecule has 0 heterocycles. The van der Waals surface area contributed by atoms with Crippen LogP contribution in [-0.4, -0.2) is 11.1 Å². The monoisotopic (exact) mass is 263 g/mol. The van der Waals surface area contributed by atoms with E-state index in [2.05, 4.69) is 13.8 Å². The van der Waals surface area contributed by atoms with Crippen molar-refractivity contribution in [3.8, 4) is 5.75 Å². The summed E-state index contributed by atoms with van der Waals surface area (Å²) in [5, 5.41) is 0. The van der Waals surface area contributed by atoms with Gasteiger partial charge in [0.05, 0.1) is 5.56 Å². The Balaban J connectivity index is 2.21. The maximum absolute atomic E-state index is 6.17. The number of rotatable bonds is 3. The van der Waals surface area contributed by atoms with Crippen LogP contribution in [0.2, 0.25) is 0 Å². The van der Waals surface area contributed by atoms with Crippen LogP contribution in [0.4, 0.5) is 0 Å². The third kappa shape index (κ3) is 3.02. The fourth-order valence-corrected chi connectivity index (χ4v) is 2.72. The Morgan fingerprint density at radius 2 is 2.06 bits per heavy atom. The highest BCUT2D eigenvalue weighted by atomic mass is 32.1. The number of ether oxygens (including phenoxy) is 1. The topological polar surface area (TPSA) is 35.2 Å². The zero-order chi connectivity index (χ0) is 13.1. The smallest absolute Gasteiger partial charge is 0.130 e. The Morgan fingerprint density at radius 1 is 1.33 bits per heavy atom. The van der Waals surface area contributed by atoms with Crippen LogP contribution in [0.25, 0.3) is 0 Å². The molecule has 2 rings (SSSR count). The SMILES string of the molecule is Cc1ccc(C(N)=S)c(OC2CCCCC2C)c1. The molecule has 1 saturated carbocycles. The van der Waals surface area contributed by atoms with Gasteiger partial charge in [0.1, 0.15) is 16.8 Å². The summed E-state index contributed by atoms with van der Waals surface area (Å²) in [4.78, 5) is 0.411. The van der Waals surface area contributed by atoms with Gasteiger partial charge in [-0.15, -0.1) is 0 Å². The predicted octanol–water partition coefficient (Wildman–Crippen LogP) is 3.59. The zero-order valence-corrected chi connectivity index (χ0v) is 11.9. The van der Waals surface area contributed by atoms with Gasteiger partial charge in [0.2, 0.25) is 0 Å². The van der Waals surface area contributed by atoms with Crippen LogP contribution in [0.15, 0.2) is 18.2 Å². The second-order valence-electron chi connectivity index (χ2n) is 5.28. The molecule has 0 radical (unpaired) electrons. The molecule has 1 aromatic carbocycles. The van der Waals surface area contributed by atoms with E-state index in [-0.39, 0.29) is 0 Å². The quantitative estimate of drug-likeness (QED) is 0.846. The van der Waals surface area contributed by atoms with Crippen LogP contribution in [0.3, 0.4) is 0 Å². The van der Waals surface area contributed by atoms with Crippen molar-refractivity contribution in [1.82, 2.24) is 0 Å². The van der Waals surface area contributed by atoms with Gasteiger partial charge in [0, 0.05) is 0 Å². The molecule has 0 bridgehead atoms. The average molecular weight is 263 g/mol. The van der Waals surface area contributed by atoms with Crippen molar-refractivity contribution in [2.24, 2.45) is 11.7 Å². The molecule has 1 aliphatic carbocycles. The average Bonchev–Trinajstić information content (AvgIpc) is 2.32. The molecule has 0 saturated heterocycles. The van der Waals surface area contributed by atoms with Crippen molar-refractivity contribution >= 4 is 17.2 Å². The molecule has 3 heteroatoms. The lowest BCUT2D eigenvalue weighted by molar-refractivity contribution is 0.102. The molecule has 0 aliphatic heterocycles. The van der Waals surface area contributed by atoms with Gasteiger partial charge >= 0.3 is 0 Å². The van der Waals surface area contributed by atoms with Gasteiger partial charge in [0.25, 0.3) is 0 Å². The molecule has 0 amide bonds. The highest BCUT2D eigenvalue weighted by molar-refractivity contribution is 7.80. The summed E-state index contributed by atoms with van der Waals surface area (Å²) in [6, 6.07) is 6.02. The minimum absolute atomic E-state index is 0.300. The summed E-state index contributed by atoms with van der Waals surface area (Å²) in [6.45, 7) is 4.32. The van der Waals surface area contributed by atoms with E-state index in [0.29, 0.717) is 17.0 Å². The third-order valence-corrected chi connectivity index (χ3v) is 3.93. The molecule has 2 atom stereocenters. The lowest BCUT2D eigenvalue weighted by atomic mass is 9.88. The number of thiocarbonyl (C=S) groups is 1. The van der Waals surface area contributed by atoms with Gasteiger partial charge in [-0.1, -0.05) is 31.6 Å². The zero-order valence-electron chi connectivity index (χ0n) is 11.1. The molecule has 1 fully saturated rings. The second-order valence-corrected chi connectivity index (χ2v) is 5.72. The van der Waals surface area contributed by atoms with E-state index in [1.807, 2.05) is 18.2 Å². The van der Waals surface area contributed by atoms with Gasteiger partial charge in [-0.2, -0.15) is 0 Å². The van der Waals surface area contributed by atoms with Crippen molar-refractivity contribution < 1.29 is 4.74 Å². The van der Waals surface area contributed by atoms with Crippen molar-refractivity contribution in [1.29, 1.82) is 0 Å². The molecule has 0 aromatic heterocycles. The molecule has 2 nitrogen and oxygen atoms in total. The van der Waals surface area contributed by atoms with Gasteiger partial charge in [0.15, 0.2) is 0 Å². The molecule has 98 valence electrons. The second kappa shape index (κ2) is 5.70. The Labute approximate surface area is 115 Å². The maximum Gasteiger partial charge on any atom is 0.130 e. The Kier molecular flexibility index (Phi) is 4.23. The minimum atomic E-state index is 0.300. The summed E-state index contributed by atoms with van der Waals surface area (Å²) < 4.78 is 6.17. The fourth-order valence-electron chi connectivity index (χ4n) is 2.55. The van der Waals surface area contributed by atoms with Crippen LogP contribution in [0.5, 0.6) is 5.75 Å². The first-order chi connectivity index (χ1) is 8.58. The first-order valence-electron chi connectivity index (χ1n) is 6.65. The normalized spacial score (nSPS) is 23.7. The summed E-state index contributed by atoms with van der Waals surface area (Å²) in [6.07, 6.45) is 5.25. The van der Waals surface area contributed by atoms with E-state index in [9.17, 15) is 0 Å². The lowest BCUT2D eigenvalue weighted by Gasteiger charge is -2.30. The summed E-state index contributed by atoms with van der Waals surface area (Å²) in [5.41, 5.74) is 7.79. The van der Waals surface area contributed by atoms with Crippen molar-refractivity contribution in [3.63, 3.8) is 0 Å². The number of hydrogen-bond acceptors (Lipinski definition) is 2. The molecular weight excluding hydrogens is 242 g/mol. The molecule has 1 aromatic rings. The van der Waals surface area contributed by atoms with Crippen molar-refractivity contribution in [3.05, 3.63) is 29.3 Å². The van der Waals surface area contributed by atoms with Gasteiger partial charge in [-0.3, -0.25) is 0 Å². The highest BCUT2D eigenvalue weighted by Gasteiger charge is 2.23. The fraction of sp³-hybridized carbons (Fsp3) is 0.533. The summed E-state index contributed by atoms with van der Waals surface area (Å²) in [5.74, 6) is 1.46. The number of hydrogen-bond donors (Lipinski definition) is 1. The Morgan fingerprint density at radius 3 is 2.72 bits per heavy atom. The molecule has 18 heavy (non-hydrogen) atoms. The van der Waals surface area contributed by atoms with E-state index in [1.165, 1.54) is 24.8 Å². The Bertz CT molecular complexity index is 444. The van der Waals surface area contributed by atoms with Crippen LogP contribution in [0.1, 0.15) is 43.7 Å². The van der Waals surface area contributed by atoms with E-state index < -0.39 is 0 Å². The third-order valence-electron chi connectivity index (χ3n) is 3.71. The van der Waals surface area contributed by atoms with Crippen molar-refractivity contribution in [2.75, 3.05) is 0 Å². The maximum atomic E-state index is 6.17. The van der Waals surface area contributed by atoms with Gasteiger partial charge in [-0.25, -0.2) is 0 Å². The number of benzene rings is 1. The van der Waals surface area contributed by atoms with Crippen LogP contribution >= 0.6 is 12.2 Å². The molecular formula is C15H21NOS. The van der Waals surface area contributed by atoms with Gasteiger partial charge in [-0.05, 0) is 49.8 Å².